The van der Waals surface area contributed by atoms with Gasteiger partial charge in [0.2, 0.25) is 23.6 Å². The summed E-state index contributed by atoms with van der Waals surface area (Å²) in [4.78, 5) is 67.3. The molecule has 0 radical (unpaired) electrons. The number of aliphatic imine (C=N–C) groups is 1. The fraction of sp³-hybridized carbons (Fsp3) is 0.625. The summed E-state index contributed by atoms with van der Waals surface area (Å²) in [6.07, 6.45) is 12.8. The smallest absolute Gasteiger partial charge is 0.234 e. The lowest BCUT2D eigenvalue weighted by molar-refractivity contribution is -0.159. The second kappa shape index (κ2) is 23.9. The molecule has 5 atom stereocenters. The van der Waals surface area contributed by atoms with Crippen LogP contribution in [0.2, 0.25) is 10.0 Å². The highest BCUT2D eigenvalue weighted by Crippen LogP contribution is 2.53. The van der Waals surface area contributed by atoms with Crippen LogP contribution in [0.4, 0.5) is 0 Å². The number of benzene rings is 2. The van der Waals surface area contributed by atoms with Crippen molar-refractivity contribution in [3.8, 4) is 0 Å². The van der Waals surface area contributed by atoms with Gasteiger partial charge in [-0.3, -0.25) is 24.5 Å². The number of nitrogens with zero attached hydrogens (tertiary/aromatic N) is 5. The second-order valence-corrected chi connectivity index (χ2v) is 25.7. The SMILES string of the molecule is C=N/C(=C\C(=C/C)C1CCC(=O)NC1=O)N1CCC(CN2CCC(CC3CCN(C(=O)C[C@@]4(C)C[C@H](c5cccc(Cl)c5)[C@@H](c5ccc(Cl)cc5)N([C@H](CS(=O)(=O)C(C)C)C(C)C)C4=O)CC3)CC2)CC1. The van der Waals surface area contributed by atoms with Gasteiger partial charge in [0.25, 0.3) is 0 Å². The lowest BCUT2D eigenvalue weighted by atomic mass is 9.66. The van der Waals surface area contributed by atoms with Crippen molar-refractivity contribution in [1.29, 1.82) is 0 Å². The molecule has 2 aromatic carbocycles. The van der Waals surface area contributed by atoms with Crippen LogP contribution in [0.15, 0.2) is 77.1 Å². The highest BCUT2D eigenvalue weighted by atomic mass is 35.5. The lowest BCUT2D eigenvalue weighted by Crippen LogP contribution is -2.59. The first-order valence-corrected chi connectivity index (χ1v) is 28.7. The molecule has 2 aromatic rings. The molecule has 5 heterocycles. The number of amides is 4. The Morgan fingerprint density at radius 1 is 0.845 bits per heavy atom. The monoisotopic (exact) mass is 1030 g/mol. The summed E-state index contributed by atoms with van der Waals surface area (Å²) >= 11 is 13.0. The molecule has 71 heavy (non-hydrogen) atoms. The largest absolute Gasteiger partial charge is 0.357 e. The van der Waals surface area contributed by atoms with Crippen molar-refractivity contribution in [2.75, 3.05) is 51.6 Å². The van der Waals surface area contributed by atoms with Gasteiger partial charge in [-0.15, -0.1) is 0 Å². The van der Waals surface area contributed by atoms with Crippen LogP contribution in [0.5, 0.6) is 0 Å². The van der Waals surface area contributed by atoms with E-state index >= 15 is 4.79 Å². The molecule has 0 aliphatic carbocycles. The molecular formula is C56H78Cl2N6O6S. The zero-order valence-electron chi connectivity index (χ0n) is 43.0. The number of halogens is 2. The van der Waals surface area contributed by atoms with E-state index in [0.29, 0.717) is 60.2 Å². The average Bonchev–Trinajstić information content (AvgIpc) is 3.34. The van der Waals surface area contributed by atoms with Crippen LogP contribution in [-0.4, -0.2) is 121 Å². The highest BCUT2D eigenvalue weighted by molar-refractivity contribution is 7.92. The maximum absolute atomic E-state index is 15.4. The summed E-state index contributed by atoms with van der Waals surface area (Å²) in [5.41, 5.74) is 1.58. The van der Waals surface area contributed by atoms with Crippen molar-refractivity contribution in [3.05, 3.63) is 93.2 Å². The van der Waals surface area contributed by atoms with Gasteiger partial charge < -0.3 is 19.6 Å². The number of carbonyl (C=O) groups is 4. The van der Waals surface area contributed by atoms with Crippen molar-refractivity contribution in [2.45, 2.75) is 135 Å². The molecule has 5 saturated heterocycles. The van der Waals surface area contributed by atoms with Gasteiger partial charge in [0.15, 0.2) is 9.84 Å². The van der Waals surface area contributed by atoms with Crippen molar-refractivity contribution in [3.63, 3.8) is 0 Å². The minimum atomic E-state index is -3.57. The maximum Gasteiger partial charge on any atom is 0.234 e. The zero-order valence-corrected chi connectivity index (χ0v) is 45.3. The van der Waals surface area contributed by atoms with Gasteiger partial charge in [-0.25, -0.2) is 13.4 Å². The number of hydrogen-bond donors (Lipinski definition) is 1. The average molecular weight is 1030 g/mol. The van der Waals surface area contributed by atoms with Crippen LogP contribution >= 0.6 is 23.2 Å². The van der Waals surface area contributed by atoms with E-state index < -0.39 is 32.6 Å². The van der Waals surface area contributed by atoms with Gasteiger partial charge >= 0.3 is 0 Å². The number of allylic oxidation sites excluding steroid dienone is 2. The van der Waals surface area contributed by atoms with Gasteiger partial charge in [-0.2, -0.15) is 0 Å². The fourth-order valence-corrected chi connectivity index (χ4v) is 13.9. The molecule has 388 valence electrons. The molecule has 1 unspecified atom stereocenters. The molecule has 7 rings (SSSR count). The Labute approximate surface area is 434 Å². The summed E-state index contributed by atoms with van der Waals surface area (Å²) in [7, 11) is -3.57. The van der Waals surface area contributed by atoms with E-state index in [1.807, 2.05) is 98.2 Å². The van der Waals surface area contributed by atoms with E-state index in [1.54, 1.807) is 13.8 Å². The minimum absolute atomic E-state index is 0.0214. The third-order valence-corrected chi connectivity index (χ3v) is 19.3. The van der Waals surface area contributed by atoms with E-state index in [2.05, 4.69) is 26.8 Å². The van der Waals surface area contributed by atoms with Gasteiger partial charge in [-0.05, 0) is 169 Å². The Bertz CT molecular complexity index is 2400. The summed E-state index contributed by atoms with van der Waals surface area (Å²) in [5, 5.41) is 3.00. The lowest BCUT2D eigenvalue weighted by Gasteiger charge is -2.53. The summed E-state index contributed by atoms with van der Waals surface area (Å²) in [6, 6.07) is 14.0. The Morgan fingerprint density at radius 2 is 1.46 bits per heavy atom. The number of piperidine rings is 5. The van der Waals surface area contributed by atoms with E-state index in [9.17, 15) is 22.8 Å². The molecule has 5 aliphatic rings. The predicted molar refractivity (Wildman–Crippen MR) is 285 cm³/mol. The van der Waals surface area contributed by atoms with Crippen LogP contribution < -0.4 is 5.32 Å². The molecular weight excluding hydrogens is 956 g/mol. The van der Waals surface area contributed by atoms with E-state index in [4.69, 9.17) is 23.2 Å². The molecule has 0 spiro atoms. The number of rotatable bonds is 17. The number of hydrogen-bond acceptors (Lipinski definition) is 9. The third-order valence-electron chi connectivity index (χ3n) is 16.6. The Morgan fingerprint density at radius 3 is 2.04 bits per heavy atom. The molecule has 0 saturated carbocycles. The molecule has 15 heteroatoms. The number of imide groups is 1. The Balaban J connectivity index is 0.937. The molecule has 4 amide bonds. The third kappa shape index (κ3) is 13.4. The van der Waals surface area contributed by atoms with Crippen molar-refractivity contribution >= 4 is 63.4 Å². The van der Waals surface area contributed by atoms with E-state index in [0.717, 1.165) is 80.9 Å². The first kappa shape index (κ1) is 54.7. The zero-order chi connectivity index (χ0) is 51.2. The van der Waals surface area contributed by atoms with Crippen LogP contribution in [-0.2, 0) is 29.0 Å². The quantitative estimate of drug-likeness (QED) is 0.0939. The van der Waals surface area contributed by atoms with Crippen molar-refractivity contribution in [1.82, 2.24) is 24.9 Å². The van der Waals surface area contributed by atoms with Crippen LogP contribution in [0.1, 0.15) is 135 Å². The first-order chi connectivity index (χ1) is 33.8. The summed E-state index contributed by atoms with van der Waals surface area (Å²) in [5.74, 6) is 0.971. The molecule has 5 fully saturated rings. The predicted octanol–water partition coefficient (Wildman–Crippen LogP) is 9.89. The Kier molecular flexibility index (Phi) is 18.4. The van der Waals surface area contributed by atoms with Gasteiger partial charge in [0, 0.05) is 67.6 Å². The van der Waals surface area contributed by atoms with Gasteiger partial charge in [-0.1, -0.05) is 74.3 Å². The maximum atomic E-state index is 15.4. The number of nitrogens with one attached hydrogen (secondary N) is 1. The normalized spacial score (nSPS) is 25.8. The summed E-state index contributed by atoms with van der Waals surface area (Å²) in [6.45, 7) is 21.5. The van der Waals surface area contributed by atoms with Crippen LogP contribution in [0, 0.1) is 35.0 Å². The topological polar surface area (TPSA) is 140 Å². The number of carbonyl (C=O) groups excluding carboxylic acids is 4. The molecule has 1 N–H and O–H groups in total. The molecule has 5 aliphatic heterocycles. The summed E-state index contributed by atoms with van der Waals surface area (Å²) < 4.78 is 27.4. The van der Waals surface area contributed by atoms with Crippen LogP contribution in [0.25, 0.3) is 0 Å². The minimum Gasteiger partial charge on any atom is -0.357 e. The second-order valence-electron chi connectivity index (χ2n) is 22.2. The van der Waals surface area contributed by atoms with Crippen molar-refractivity contribution in [2.24, 2.45) is 40.0 Å². The van der Waals surface area contributed by atoms with Crippen molar-refractivity contribution < 1.29 is 27.6 Å². The van der Waals surface area contributed by atoms with E-state index in [-0.39, 0.29) is 53.6 Å². The number of sulfone groups is 1. The van der Waals surface area contributed by atoms with Crippen LogP contribution in [0.3, 0.4) is 0 Å². The van der Waals surface area contributed by atoms with Gasteiger partial charge in [0.05, 0.1) is 28.4 Å². The van der Waals surface area contributed by atoms with Gasteiger partial charge in [0.1, 0.15) is 5.82 Å². The standard InChI is InChI=1S/C56H78Cl2N6O6S/c1-8-42(47-16-17-51(65)60-54(47)67)32-50(59-7)62-26-22-41(23-27-62)35-61-24-18-39(19-25-61)30-40-20-28-63(29-21-40)52(66)34-56(6)33-48(44-10-9-11-46(58)31-44)53(43-12-14-45(57)15-13-43)64(55(56)68)49(37(2)3)36-71(69,70)38(4)5/h8-15,31-32,37-41,47-49,53H,7,16-30,33-36H2,1-6H3,(H,60,65,67)/b42-8+,50-32+/t47?,48-,49-,53-,56-/m1/s1. The molecule has 12 nitrogen and oxygen atoms in total. The fourth-order valence-electron chi connectivity index (χ4n) is 12.2. The van der Waals surface area contributed by atoms with E-state index in [1.165, 1.54) is 19.3 Å². The first-order valence-electron chi connectivity index (χ1n) is 26.3. The Hall–Kier alpha value is -4.04. The highest BCUT2D eigenvalue weighted by Gasteiger charge is 2.54. The number of likely N-dealkylation sites (tertiary alicyclic amines) is 4. The molecule has 0 aromatic heterocycles. The molecule has 0 bridgehead atoms.